The Hall–Kier alpha value is -2.85. The number of ether oxygens (including phenoxy) is 2. The van der Waals surface area contributed by atoms with Crippen molar-refractivity contribution in [3.05, 3.63) is 80.2 Å². The number of carbonyl (C=O) groups is 1. The molecule has 10 heteroatoms. The van der Waals surface area contributed by atoms with Crippen LogP contribution in [0.15, 0.2) is 68.5 Å². The first-order valence-corrected chi connectivity index (χ1v) is 11.1. The SMILES string of the molecule is CCOC(=O)c1ccccc1Oc1ccc(C(F)(F)F)cc1N=Cc1cc(Br)cc(Br)c1O. The average molecular weight is 587 g/mol. The van der Waals surface area contributed by atoms with Gasteiger partial charge in [0.1, 0.15) is 22.7 Å². The van der Waals surface area contributed by atoms with Crippen LogP contribution in [0.5, 0.6) is 17.2 Å². The second-order valence-electron chi connectivity index (χ2n) is 6.58. The molecule has 0 aromatic heterocycles. The zero-order valence-corrected chi connectivity index (χ0v) is 20.2. The number of halogens is 5. The van der Waals surface area contributed by atoms with Gasteiger partial charge in [-0.05, 0) is 65.3 Å². The van der Waals surface area contributed by atoms with Crippen LogP contribution in [0, 0.1) is 0 Å². The van der Waals surface area contributed by atoms with E-state index in [-0.39, 0.29) is 40.7 Å². The molecule has 3 aromatic rings. The Balaban J connectivity index is 2.06. The molecule has 0 spiro atoms. The highest BCUT2D eigenvalue weighted by Gasteiger charge is 2.31. The molecule has 3 rings (SSSR count). The van der Waals surface area contributed by atoms with E-state index < -0.39 is 17.7 Å². The second kappa shape index (κ2) is 10.4. The Morgan fingerprint density at radius 2 is 1.82 bits per heavy atom. The first-order valence-electron chi connectivity index (χ1n) is 9.47. The molecular weight excluding hydrogens is 571 g/mol. The molecule has 0 amide bonds. The molecule has 3 aromatic carbocycles. The number of aromatic hydroxyl groups is 1. The summed E-state index contributed by atoms with van der Waals surface area (Å²) in [6, 6.07) is 12.2. The van der Waals surface area contributed by atoms with Crippen LogP contribution in [0.3, 0.4) is 0 Å². The van der Waals surface area contributed by atoms with Crippen molar-refractivity contribution in [3.63, 3.8) is 0 Å². The molecule has 0 atom stereocenters. The van der Waals surface area contributed by atoms with E-state index >= 15 is 0 Å². The third-order valence-corrected chi connectivity index (χ3v) is 5.35. The van der Waals surface area contributed by atoms with Gasteiger partial charge in [-0.1, -0.05) is 28.1 Å². The average Bonchev–Trinajstić information content (AvgIpc) is 2.75. The van der Waals surface area contributed by atoms with Gasteiger partial charge in [0.2, 0.25) is 0 Å². The topological polar surface area (TPSA) is 68.1 Å². The molecule has 0 aliphatic carbocycles. The minimum Gasteiger partial charge on any atom is -0.506 e. The fourth-order valence-corrected chi connectivity index (χ4v) is 4.01. The van der Waals surface area contributed by atoms with Gasteiger partial charge in [-0.25, -0.2) is 4.79 Å². The Morgan fingerprint density at radius 3 is 2.52 bits per heavy atom. The summed E-state index contributed by atoms with van der Waals surface area (Å²) in [5.41, 5.74) is -0.714. The van der Waals surface area contributed by atoms with Crippen molar-refractivity contribution < 1.29 is 32.5 Å². The second-order valence-corrected chi connectivity index (χ2v) is 8.35. The van der Waals surface area contributed by atoms with Gasteiger partial charge in [0.05, 0.1) is 16.6 Å². The number of aliphatic imine (C=N–C) groups is 1. The first-order chi connectivity index (χ1) is 15.6. The fourth-order valence-electron chi connectivity index (χ4n) is 2.76. The highest BCUT2D eigenvalue weighted by molar-refractivity contribution is 9.11. The number of benzene rings is 3. The molecule has 0 unspecified atom stereocenters. The molecule has 33 heavy (non-hydrogen) atoms. The van der Waals surface area contributed by atoms with Gasteiger partial charge in [-0.15, -0.1) is 0 Å². The fraction of sp³-hybridized carbons (Fsp3) is 0.130. The molecule has 1 N–H and O–H groups in total. The molecule has 0 heterocycles. The number of hydrogen-bond acceptors (Lipinski definition) is 5. The summed E-state index contributed by atoms with van der Waals surface area (Å²) < 4.78 is 51.7. The quantitative estimate of drug-likeness (QED) is 0.238. The van der Waals surface area contributed by atoms with E-state index in [1.165, 1.54) is 18.3 Å². The van der Waals surface area contributed by atoms with E-state index in [1.54, 1.807) is 31.2 Å². The predicted octanol–water partition coefficient (Wildman–Crippen LogP) is 7.66. The van der Waals surface area contributed by atoms with Crippen molar-refractivity contribution in [3.8, 4) is 17.2 Å². The Kier molecular flexibility index (Phi) is 7.80. The van der Waals surface area contributed by atoms with Crippen LogP contribution in [0.1, 0.15) is 28.4 Å². The smallest absolute Gasteiger partial charge is 0.416 e. The van der Waals surface area contributed by atoms with Gasteiger partial charge >= 0.3 is 12.1 Å². The largest absolute Gasteiger partial charge is 0.506 e. The summed E-state index contributed by atoms with van der Waals surface area (Å²) in [5, 5.41) is 10.2. The van der Waals surface area contributed by atoms with Gasteiger partial charge in [-0.2, -0.15) is 13.2 Å². The van der Waals surface area contributed by atoms with Gasteiger partial charge in [0.25, 0.3) is 0 Å². The summed E-state index contributed by atoms with van der Waals surface area (Å²) in [6.07, 6.45) is -3.39. The van der Waals surface area contributed by atoms with E-state index in [0.29, 0.717) is 8.95 Å². The highest BCUT2D eigenvalue weighted by atomic mass is 79.9. The molecule has 0 saturated carbocycles. The molecule has 0 bridgehead atoms. The lowest BCUT2D eigenvalue weighted by Crippen LogP contribution is -2.07. The number of nitrogens with zero attached hydrogens (tertiary/aromatic N) is 1. The lowest BCUT2D eigenvalue weighted by atomic mass is 10.1. The van der Waals surface area contributed by atoms with Gasteiger partial charge in [0.15, 0.2) is 5.75 Å². The van der Waals surface area contributed by atoms with Crippen LogP contribution >= 0.6 is 31.9 Å². The van der Waals surface area contributed by atoms with Crippen molar-refractivity contribution in [2.75, 3.05) is 6.61 Å². The zero-order chi connectivity index (χ0) is 24.2. The van der Waals surface area contributed by atoms with E-state index in [9.17, 15) is 23.1 Å². The number of rotatable bonds is 6. The van der Waals surface area contributed by atoms with E-state index in [0.717, 1.165) is 18.2 Å². The normalized spacial score (nSPS) is 11.6. The summed E-state index contributed by atoms with van der Waals surface area (Å²) in [5.74, 6) is -0.692. The number of alkyl halides is 3. The van der Waals surface area contributed by atoms with Crippen molar-refractivity contribution in [1.82, 2.24) is 0 Å². The van der Waals surface area contributed by atoms with Crippen LogP contribution in [0.2, 0.25) is 0 Å². The van der Waals surface area contributed by atoms with Crippen LogP contribution in [-0.2, 0) is 10.9 Å². The number of phenolic OH excluding ortho intramolecular Hbond substituents is 1. The van der Waals surface area contributed by atoms with Crippen molar-refractivity contribution in [2.45, 2.75) is 13.1 Å². The molecule has 172 valence electrons. The van der Waals surface area contributed by atoms with Crippen LogP contribution in [0.25, 0.3) is 0 Å². The lowest BCUT2D eigenvalue weighted by molar-refractivity contribution is -0.137. The van der Waals surface area contributed by atoms with E-state index in [4.69, 9.17) is 9.47 Å². The zero-order valence-electron chi connectivity index (χ0n) is 17.0. The summed E-state index contributed by atoms with van der Waals surface area (Å²) in [4.78, 5) is 16.4. The van der Waals surface area contributed by atoms with Crippen LogP contribution in [-0.4, -0.2) is 23.9 Å². The maximum atomic E-state index is 13.3. The molecule has 0 saturated heterocycles. The van der Waals surface area contributed by atoms with Crippen LogP contribution in [0.4, 0.5) is 18.9 Å². The van der Waals surface area contributed by atoms with Crippen molar-refractivity contribution in [1.29, 1.82) is 0 Å². The van der Waals surface area contributed by atoms with E-state index in [1.807, 2.05) is 0 Å². The standard InChI is InChI=1S/C23H16Br2F3NO4/c1-2-32-22(31)16-5-3-4-6-19(16)33-20-8-7-14(23(26,27)28)10-18(20)29-12-13-9-15(24)11-17(25)21(13)30/h3-12,30H,2H2,1H3. The van der Waals surface area contributed by atoms with E-state index in [2.05, 4.69) is 36.9 Å². The minimum absolute atomic E-state index is 0.0236. The highest BCUT2D eigenvalue weighted by Crippen LogP contribution is 2.39. The Bertz CT molecular complexity index is 1210. The molecular formula is C23H16Br2F3NO4. The lowest BCUT2D eigenvalue weighted by Gasteiger charge is -2.14. The van der Waals surface area contributed by atoms with Gasteiger partial charge < -0.3 is 14.6 Å². The first kappa shape index (κ1) is 24.8. The van der Waals surface area contributed by atoms with Crippen molar-refractivity contribution in [2.24, 2.45) is 4.99 Å². The molecule has 0 aliphatic heterocycles. The monoisotopic (exact) mass is 585 g/mol. The molecule has 5 nitrogen and oxygen atoms in total. The van der Waals surface area contributed by atoms with Crippen LogP contribution < -0.4 is 4.74 Å². The maximum Gasteiger partial charge on any atom is 0.416 e. The minimum atomic E-state index is -4.60. The summed E-state index contributed by atoms with van der Waals surface area (Å²) >= 11 is 6.48. The molecule has 0 aliphatic rings. The number of carbonyl (C=O) groups excluding carboxylic acids is 1. The summed E-state index contributed by atoms with van der Waals surface area (Å²) in [7, 11) is 0. The number of esters is 1. The summed E-state index contributed by atoms with van der Waals surface area (Å²) in [6.45, 7) is 1.80. The molecule has 0 fully saturated rings. The Labute approximate surface area is 204 Å². The molecule has 0 radical (unpaired) electrons. The van der Waals surface area contributed by atoms with Crippen molar-refractivity contribution >= 4 is 49.7 Å². The third kappa shape index (κ3) is 6.14. The number of phenols is 1. The predicted molar refractivity (Wildman–Crippen MR) is 125 cm³/mol. The van der Waals surface area contributed by atoms with Gasteiger partial charge in [-0.3, -0.25) is 4.99 Å². The number of para-hydroxylation sites is 1. The maximum absolute atomic E-state index is 13.3. The Morgan fingerprint density at radius 1 is 1.09 bits per heavy atom. The van der Waals surface area contributed by atoms with Gasteiger partial charge in [0, 0.05) is 16.3 Å². The number of hydrogen-bond donors (Lipinski definition) is 1. The third-order valence-electron chi connectivity index (χ3n) is 4.29.